The standard InChI is InChI=1S/C10H8ClF3N4O/c1-19-9(10(12,13)14)4-16-5-3-15-7-2-6(11)17-18(7)8(5)9/h2-3,16H,4H2,1H3. The Morgan fingerprint density at radius 2 is 2.26 bits per heavy atom. The first-order valence-electron chi connectivity index (χ1n) is 5.29. The second kappa shape index (κ2) is 3.73. The average molecular weight is 293 g/mol. The van der Waals surface area contributed by atoms with Crippen molar-refractivity contribution < 1.29 is 17.9 Å². The minimum absolute atomic E-state index is 0.0694. The van der Waals surface area contributed by atoms with Crippen molar-refractivity contribution in [3.05, 3.63) is 23.1 Å². The first-order valence-corrected chi connectivity index (χ1v) is 5.67. The van der Waals surface area contributed by atoms with E-state index in [1.165, 1.54) is 12.3 Å². The fraction of sp³-hybridized carbons (Fsp3) is 0.400. The Bertz CT molecular complexity index is 656. The topological polar surface area (TPSA) is 51.5 Å². The van der Waals surface area contributed by atoms with Crippen LogP contribution in [0.4, 0.5) is 18.9 Å². The number of halogens is 4. The van der Waals surface area contributed by atoms with Gasteiger partial charge in [-0.2, -0.15) is 18.3 Å². The number of ether oxygens (including phenoxy) is 1. The first-order chi connectivity index (χ1) is 8.89. The lowest BCUT2D eigenvalue weighted by Crippen LogP contribution is -2.47. The van der Waals surface area contributed by atoms with Gasteiger partial charge in [-0.3, -0.25) is 0 Å². The largest absolute Gasteiger partial charge is 0.425 e. The Balaban J connectivity index is 2.36. The predicted molar refractivity (Wildman–Crippen MR) is 61.2 cm³/mol. The Hall–Kier alpha value is -1.54. The van der Waals surface area contributed by atoms with E-state index < -0.39 is 18.3 Å². The third-order valence-corrected chi connectivity index (χ3v) is 3.35. The van der Waals surface area contributed by atoms with Crippen LogP contribution in [0, 0.1) is 0 Å². The van der Waals surface area contributed by atoms with Gasteiger partial charge in [0.25, 0.3) is 0 Å². The van der Waals surface area contributed by atoms with Crippen molar-refractivity contribution in [1.82, 2.24) is 14.6 Å². The molecule has 0 radical (unpaired) electrons. The summed E-state index contributed by atoms with van der Waals surface area (Å²) < 4.78 is 46.0. The summed E-state index contributed by atoms with van der Waals surface area (Å²) in [4.78, 5) is 3.99. The Morgan fingerprint density at radius 1 is 1.53 bits per heavy atom. The van der Waals surface area contributed by atoms with Crippen LogP contribution in [0.2, 0.25) is 5.15 Å². The molecular weight excluding hydrogens is 285 g/mol. The van der Waals surface area contributed by atoms with Gasteiger partial charge in [-0.05, 0) is 0 Å². The third kappa shape index (κ3) is 1.53. The monoisotopic (exact) mass is 292 g/mol. The molecule has 3 rings (SSSR count). The maximum absolute atomic E-state index is 13.4. The van der Waals surface area contributed by atoms with Crippen LogP contribution < -0.4 is 5.32 Å². The lowest BCUT2D eigenvalue weighted by Gasteiger charge is -2.29. The van der Waals surface area contributed by atoms with E-state index in [1.807, 2.05) is 0 Å². The van der Waals surface area contributed by atoms with Crippen LogP contribution in [0.5, 0.6) is 0 Å². The highest BCUT2D eigenvalue weighted by molar-refractivity contribution is 6.29. The zero-order chi connectivity index (χ0) is 13.8. The summed E-state index contributed by atoms with van der Waals surface area (Å²) >= 11 is 5.72. The van der Waals surface area contributed by atoms with Gasteiger partial charge in [0, 0.05) is 13.2 Å². The molecule has 1 aliphatic heterocycles. The van der Waals surface area contributed by atoms with Crippen molar-refractivity contribution in [2.45, 2.75) is 11.8 Å². The van der Waals surface area contributed by atoms with Gasteiger partial charge in [-0.25, -0.2) is 9.50 Å². The highest BCUT2D eigenvalue weighted by Gasteiger charge is 2.62. The number of nitrogens with zero attached hydrogens (tertiary/aromatic N) is 3. The second-order valence-electron chi connectivity index (χ2n) is 4.14. The first kappa shape index (κ1) is 12.5. The summed E-state index contributed by atoms with van der Waals surface area (Å²) in [6, 6.07) is 1.39. The molecule has 0 amide bonds. The third-order valence-electron chi connectivity index (χ3n) is 3.17. The van der Waals surface area contributed by atoms with E-state index in [-0.39, 0.29) is 22.2 Å². The van der Waals surface area contributed by atoms with Gasteiger partial charge >= 0.3 is 6.18 Å². The molecule has 0 aliphatic carbocycles. The van der Waals surface area contributed by atoms with Gasteiger partial charge in [0.05, 0.1) is 18.4 Å². The van der Waals surface area contributed by atoms with Gasteiger partial charge in [0.2, 0.25) is 5.60 Å². The lowest BCUT2D eigenvalue weighted by molar-refractivity contribution is -0.270. The summed E-state index contributed by atoms with van der Waals surface area (Å²) in [5.41, 5.74) is -2.14. The van der Waals surface area contributed by atoms with Crippen molar-refractivity contribution in [2.75, 3.05) is 19.0 Å². The Kier molecular flexibility index (Phi) is 2.45. The zero-order valence-electron chi connectivity index (χ0n) is 9.62. The number of anilines is 1. The molecule has 1 N–H and O–H groups in total. The van der Waals surface area contributed by atoms with Crippen LogP contribution in [0.1, 0.15) is 5.69 Å². The molecular formula is C10H8ClF3N4O. The van der Waals surface area contributed by atoms with Crippen LogP contribution in [-0.4, -0.2) is 34.4 Å². The number of nitrogens with one attached hydrogen (secondary N) is 1. The Morgan fingerprint density at radius 3 is 2.89 bits per heavy atom. The smallest absolute Gasteiger partial charge is 0.379 e. The molecule has 0 saturated heterocycles. The molecule has 2 aromatic heterocycles. The molecule has 1 unspecified atom stereocenters. The molecule has 2 aromatic rings. The molecule has 0 spiro atoms. The van der Waals surface area contributed by atoms with Gasteiger partial charge in [0.1, 0.15) is 5.69 Å². The summed E-state index contributed by atoms with van der Waals surface area (Å²) in [7, 11) is 1.02. The van der Waals surface area contributed by atoms with Crippen LogP contribution in [0.3, 0.4) is 0 Å². The lowest BCUT2D eigenvalue weighted by atomic mass is 10.0. The average Bonchev–Trinajstić information content (AvgIpc) is 2.86. The molecule has 3 heterocycles. The highest BCUT2D eigenvalue weighted by Crippen LogP contribution is 2.48. The second-order valence-corrected chi connectivity index (χ2v) is 4.53. The van der Waals surface area contributed by atoms with Crippen molar-refractivity contribution in [3.63, 3.8) is 0 Å². The normalized spacial score (nSPS) is 22.6. The van der Waals surface area contributed by atoms with E-state index in [2.05, 4.69) is 15.4 Å². The fourth-order valence-electron chi connectivity index (χ4n) is 2.25. The zero-order valence-corrected chi connectivity index (χ0v) is 10.4. The van der Waals surface area contributed by atoms with Gasteiger partial charge < -0.3 is 10.1 Å². The maximum Gasteiger partial charge on any atom is 0.425 e. The molecule has 0 saturated carbocycles. The fourth-order valence-corrected chi connectivity index (χ4v) is 2.42. The number of rotatable bonds is 1. The van der Waals surface area contributed by atoms with Crippen molar-refractivity contribution in [1.29, 1.82) is 0 Å². The van der Waals surface area contributed by atoms with E-state index in [4.69, 9.17) is 16.3 Å². The molecule has 102 valence electrons. The minimum Gasteiger partial charge on any atom is -0.379 e. The van der Waals surface area contributed by atoms with E-state index in [0.29, 0.717) is 0 Å². The van der Waals surface area contributed by atoms with Crippen molar-refractivity contribution in [2.24, 2.45) is 0 Å². The molecule has 5 nitrogen and oxygen atoms in total. The molecule has 1 atom stereocenters. The SMILES string of the molecule is COC1(C(F)(F)F)CNc2cnc3cc(Cl)nn3c21. The molecule has 9 heteroatoms. The van der Waals surface area contributed by atoms with Gasteiger partial charge in [-0.15, -0.1) is 0 Å². The van der Waals surface area contributed by atoms with E-state index >= 15 is 0 Å². The number of hydrogen-bond donors (Lipinski definition) is 1. The maximum atomic E-state index is 13.4. The molecule has 0 fully saturated rings. The van der Waals surface area contributed by atoms with Crippen molar-refractivity contribution >= 4 is 22.9 Å². The van der Waals surface area contributed by atoms with E-state index in [9.17, 15) is 13.2 Å². The van der Waals surface area contributed by atoms with Crippen LogP contribution in [-0.2, 0) is 10.3 Å². The number of alkyl halides is 3. The van der Waals surface area contributed by atoms with Crippen LogP contribution in [0.15, 0.2) is 12.3 Å². The quantitative estimate of drug-likeness (QED) is 0.875. The predicted octanol–water partition coefficient (Wildman–Crippen LogP) is 2.21. The van der Waals surface area contributed by atoms with Crippen LogP contribution in [0.25, 0.3) is 5.65 Å². The van der Waals surface area contributed by atoms with E-state index in [1.54, 1.807) is 0 Å². The van der Waals surface area contributed by atoms with E-state index in [0.717, 1.165) is 11.6 Å². The molecule has 1 aliphatic rings. The summed E-state index contributed by atoms with van der Waals surface area (Å²) in [6.45, 7) is -0.430. The highest BCUT2D eigenvalue weighted by atomic mass is 35.5. The molecule has 0 bridgehead atoms. The molecule has 0 aromatic carbocycles. The number of methoxy groups -OCH3 is 1. The summed E-state index contributed by atoms with van der Waals surface area (Å²) in [5.74, 6) is 0. The van der Waals surface area contributed by atoms with Crippen molar-refractivity contribution in [3.8, 4) is 0 Å². The molecule has 19 heavy (non-hydrogen) atoms. The number of fused-ring (bicyclic) bond motifs is 3. The summed E-state index contributed by atoms with van der Waals surface area (Å²) in [6.07, 6.45) is -3.28. The number of hydrogen-bond acceptors (Lipinski definition) is 4. The van der Waals surface area contributed by atoms with Crippen LogP contribution >= 0.6 is 11.6 Å². The number of aromatic nitrogens is 3. The Labute approximate surface area is 110 Å². The summed E-state index contributed by atoms with van der Waals surface area (Å²) in [5, 5.41) is 6.55. The minimum atomic E-state index is -4.59. The van der Waals surface area contributed by atoms with Gasteiger partial charge in [-0.1, -0.05) is 11.6 Å². The van der Waals surface area contributed by atoms with Gasteiger partial charge in [0.15, 0.2) is 10.8 Å².